The van der Waals surface area contributed by atoms with Crippen LogP contribution in [0.4, 0.5) is 0 Å². The first-order chi connectivity index (χ1) is 19.3. The van der Waals surface area contributed by atoms with Crippen LogP contribution >= 0.6 is 0 Å². The van der Waals surface area contributed by atoms with Crippen LogP contribution < -0.4 is 4.74 Å². The van der Waals surface area contributed by atoms with Crippen LogP contribution in [0.1, 0.15) is 0 Å². The zero-order chi connectivity index (χ0) is 25.5. The van der Waals surface area contributed by atoms with Crippen LogP contribution in [0.2, 0.25) is 0 Å². The highest BCUT2D eigenvalue weighted by Crippen LogP contribution is 2.50. The van der Waals surface area contributed by atoms with Gasteiger partial charge in [0.15, 0.2) is 0 Å². The summed E-state index contributed by atoms with van der Waals surface area (Å²) >= 11 is 0. The smallest absolute Gasteiger partial charge is 0.143 e. The van der Waals surface area contributed by atoms with Crippen molar-refractivity contribution in [1.29, 1.82) is 0 Å². The van der Waals surface area contributed by atoms with E-state index in [-0.39, 0.29) is 0 Å². The average Bonchev–Trinajstić information content (AvgIpc) is 2.99. The van der Waals surface area contributed by atoms with Crippen LogP contribution in [0, 0.1) is 0 Å². The predicted octanol–water partition coefficient (Wildman–Crippen LogP) is 10.9. The van der Waals surface area contributed by atoms with Crippen LogP contribution in [0.15, 0.2) is 133 Å². The fraction of sp³-hybridized carbons (Fsp3) is 0. The fourth-order valence-electron chi connectivity index (χ4n) is 6.47. The van der Waals surface area contributed by atoms with Crippen LogP contribution in [-0.4, -0.2) is 0 Å². The summed E-state index contributed by atoms with van der Waals surface area (Å²) in [4.78, 5) is 0. The van der Waals surface area contributed by atoms with Gasteiger partial charge in [0.05, 0.1) is 0 Å². The van der Waals surface area contributed by atoms with Gasteiger partial charge in [-0.05, 0) is 96.2 Å². The molecule has 9 rings (SSSR count). The van der Waals surface area contributed by atoms with Crippen molar-refractivity contribution in [2.24, 2.45) is 0 Å². The van der Waals surface area contributed by atoms with Gasteiger partial charge in [-0.15, -0.1) is 0 Å². The summed E-state index contributed by atoms with van der Waals surface area (Å²) < 4.78 is 6.71. The molecule has 0 saturated heterocycles. The van der Waals surface area contributed by atoms with E-state index >= 15 is 0 Å². The van der Waals surface area contributed by atoms with Gasteiger partial charge in [0.2, 0.25) is 0 Å². The van der Waals surface area contributed by atoms with Crippen molar-refractivity contribution >= 4 is 53.9 Å². The lowest BCUT2D eigenvalue weighted by Gasteiger charge is -2.23. The molecular weight excluding hydrogens is 472 g/mol. The molecular formula is C38H22O. The molecule has 1 heteroatoms. The fourth-order valence-corrected chi connectivity index (χ4v) is 6.47. The van der Waals surface area contributed by atoms with Crippen LogP contribution in [0.5, 0.6) is 11.5 Å². The van der Waals surface area contributed by atoms with Crippen molar-refractivity contribution in [1.82, 2.24) is 0 Å². The van der Waals surface area contributed by atoms with Gasteiger partial charge in [-0.25, -0.2) is 0 Å². The number of rotatable bonds is 1. The second-order valence-corrected chi connectivity index (χ2v) is 10.6. The minimum atomic E-state index is 0.923. The first-order valence-electron chi connectivity index (χ1n) is 13.4. The van der Waals surface area contributed by atoms with E-state index in [1.165, 1.54) is 65.2 Å². The van der Waals surface area contributed by atoms with Gasteiger partial charge in [-0.1, -0.05) is 97.1 Å². The molecule has 0 N–H and O–H groups in total. The molecule has 0 saturated carbocycles. The molecule has 0 atom stereocenters. The van der Waals surface area contributed by atoms with Gasteiger partial charge in [0, 0.05) is 16.3 Å². The van der Waals surface area contributed by atoms with E-state index in [0.717, 1.165) is 22.4 Å². The molecule has 0 bridgehead atoms. The highest BCUT2D eigenvalue weighted by Gasteiger charge is 2.22. The Morgan fingerprint density at radius 2 is 1.08 bits per heavy atom. The number of fused-ring (bicyclic) bond motifs is 8. The third-order valence-electron chi connectivity index (χ3n) is 8.36. The molecule has 0 amide bonds. The quantitative estimate of drug-likeness (QED) is 0.163. The maximum Gasteiger partial charge on any atom is 0.143 e. The molecule has 1 aliphatic heterocycles. The largest absolute Gasteiger partial charge is 0.455 e. The van der Waals surface area contributed by atoms with E-state index in [9.17, 15) is 0 Å². The van der Waals surface area contributed by atoms with E-state index in [4.69, 9.17) is 4.74 Å². The first kappa shape index (κ1) is 20.9. The summed E-state index contributed by atoms with van der Waals surface area (Å²) in [6, 6.07) is 48.5. The van der Waals surface area contributed by atoms with Crippen molar-refractivity contribution in [3.63, 3.8) is 0 Å². The van der Waals surface area contributed by atoms with Gasteiger partial charge in [0.1, 0.15) is 11.5 Å². The summed E-state index contributed by atoms with van der Waals surface area (Å²) in [7, 11) is 0. The molecule has 1 nitrogen and oxygen atoms in total. The Balaban J connectivity index is 1.24. The number of benzene rings is 8. The van der Waals surface area contributed by atoms with E-state index in [1.807, 2.05) is 0 Å². The second-order valence-electron chi connectivity index (χ2n) is 10.6. The minimum Gasteiger partial charge on any atom is -0.455 e. The maximum absolute atomic E-state index is 6.71. The first-order valence-corrected chi connectivity index (χ1v) is 13.4. The normalized spacial score (nSPS) is 12.3. The van der Waals surface area contributed by atoms with Crippen molar-refractivity contribution in [2.75, 3.05) is 0 Å². The van der Waals surface area contributed by atoms with Crippen molar-refractivity contribution in [3.05, 3.63) is 133 Å². The van der Waals surface area contributed by atoms with Crippen LogP contribution in [-0.2, 0) is 0 Å². The zero-order valence-electron chi connectivity index (χ0n) is 21.1. The Morgan fingerprint density at radius 3 is 1.97 bits per heavy atom. The lowest BCUT2D eigenvalue weighted by Crippen LogP contribution is -1.98. The summed E-state index contributed by atoms with van der Waals surface area (Å²) in [5.74, 6) is 1.87. The molecule has 0 aliphatic carbocycles. The molecule has 0 aromatic heterocycles. The highest BCUT2D eigenvalue weighted by molar-refractivity contribution is 6.13. The van der Waals surface area contributed by atoms with Gasteiger partial charge in [-0.2, -0.15) is 0 Å². The van der Waals surface area contributed by atoms with E-state index < -0.39 is 0 Å². The van der Waals surface area contributed by atoms with Gasteiger partial charge < -0.3 is 4.74 Å². The lowest BCUT2D eigenvalue weighted by atomic mass is 9.90. The molecule has 180 valence electrons. The second kappa shape index (κ2) is 7.69. The Labute approximate surface area is 225 Å². The highest BCUT2D eigenvalue weighted by atomic mass is 16.5. The third kappa shape index (κ3) is 3.02. The molecule has 0 spiro atoms. The topological polar surface area (TPSA) is 9.23 Å². The molecule has 8 aromatic carbocycles. The van der Waals surface area contributed by atoms with Gasteiger partial charge in [0.25, 0.3) is 0 Å². The molecule has 0 radical (unpaired) electrons. The SMILES string of the molecule is c1ccc2cc3c(ccc4cc(-c5cc6c7c(cccc7c5)-c5ccc7ccccc7c5O6)ccc43)cc2c1. The van der Waals surface area contributed by atoms with E-state index in [0.29, 0.717) is 0 Å². The molecule has 0 unspecified atom stereocenters. The Bertz CT molecular complexity index is 2310. The molecule has 8 aromatic rings. The Kier molecular flexibility index (Phi) is 4.11. The van der Waals surface area contributed by atoms with Crippen molar-refractivity contribution < 1.29 is 4.74 Å². The predicted molar refractivity (Wildman–Crippen MR) is 165 cm³/mol. The summed E-state index contributed by atoms with van der Waals surface area (Å²) in [6.45, 7) is 0. The van der Waals surface area contributed by atoms with E-state index in [1.54, 1.807) is 0 Å². The number of hydrogen-bond donors (Lipinski definition) is 0. The standard InChI is InChI=1S/C38H22O/c1-2-8-25-21-35-28(18-24(25)7-1)13-12-27-19-26(15-16-31(27)35)30-20-29-9-5-11-33-34-17-14-23-6-3-4-10-32(23)38(34)39-36(22-30)37(29)33/h1-22H. The summed E-state index contributed by atoms with van der Waals surface area (Å²) in [6.07, 6.45) is 0. The molecule has 39 heavy (non-hydrogen) atoms. The Morgan fingerprint density at radius 1 is 0.359 bits per heavy atom. The summed E-state index contributed by atoms with van der Waals surface area (Å²) in [5.41, 5.74) is 4.75. The van der Waals surface area contributed by atoms with E-state index in [2.05, 4.69) is 133 Å². The minimum absolute atomic E-state index is 0.923. The van der Waals surface area contributed by atoms with Gasteiger partial charge >= 0.3 is 0 Å². The molecule has 0 fully saturated rings. The molecule has 1 aliphatic rings. The number of ether oxygens (including phenoxy) is 1. The zero-order valence-corrected chi connectivity index (χ0v) is 21.1. The van der Waals surface area contributed by atoms with Gasteiger partial charge in [-0.3, -0.25) is 0 Å². The Hall–Kier alpha value is -5.14. The van der Waals surface area contributed by atoms with Crippen LogP contribution in [0.3, 0.4) is 0 Å². The third-order valence-corrected chi connectivity index (χ3v) is 8.36. The van der Waals surface area contributed by atoms with Crippen LogP contribution in [0.25, 0.3) is 76.1 Å². The van der Waals surface area contributed by atoms with Crippen molar-refractivity contribution in [2.45, 2.75) is 0 Å². The average molecular weight is 495 g/mol. The monoisotopic (exact) mass is 494 g/mol. The molecule has 1 heterocycles. The maximum atomic E-state index is 6.71. The lowest BCUT2D eigenvalue weighted by molar-refractivity contribution is 0.493. The number of hydrogen-bond acceptors (Lipinski definition) is 1. The summed E-state index contributed by atoms with van der Waals surface area (Å²) in [5, 5.41) is 12.4. The van der Waals surface area contributed by atoms with Crippen molar-refractivity contribution in [3.8, 4) is 33.8 Å².